The number of halogens is 2. The molecule has 3 rings (SSSR count). The van der Waals surface area contributed by atoms with Gasteiger partial charge in [-0.25, -0.2) is 8.42 Å². The monoisotopic (exact) mass is 442 g/mol. The number of aryl methyl sites for hydroxylation is 1. The Morgan fingerprint density at radius 1 is 1.07 bits per heavy atom. The van der Waals surface area contributed by atoms with Crippen LogP contribution in [0.5, 0.6) is 0 Å². The first-order valence-electron chi connectivity index (χ1n) is 8.78. The highest BCUT2D eigenvalue weighted by Gasteiger charge is 2.26. The fourth-order valence-corrected chi connectivity index (χ4v) is 4.59. The molecule has 1 fully saturated rings. The summed E-state index contributed by atoms with van der Waals surface area (Å²) < 4.78 is 31.8. The van der Waals surface area contributed by atoms with Crippen LogP contribution in [0.3, 0.4) is 0 Å². The highest BCUT2D eigenvalue weighted by Crippen LogP contribution is 2.29. The second-order valence-corrected chi connectivity index (χ2v) is 9.03. The van der Waals surface area contributed by atoms with Gasteiger partial charge in [0.05, 0.1) is 33.8 Å². The molecule has 2 aromatic rings. The number of benzene rings is 2. The van der Waals surface area contributed by atoms with E-state index in [0.29, 0.717) is 48.5 Å². The van der Waals surface area contributed by atoms with E-state index in [2.05, 4.69) is 5.32 Å². The fourth-order valence-electron chi connectivity index (χ4n) is 2.84. The van der Waals surface area contributed by atoms with Crippen molar-refractivity contribution in [2.45, 2.75) is 17.7 Å². The van der Waals surface area contributed by atoms with Gasteiger partial charge in [0.1, 0.15) is 0 Å². The van der Waals surface area contributed by atoms with E-state index < -0.39 is 10.0 Å². The van der Waals surface area contributed by atoms with Crippen LogP contribution in [0.2, 0.25) is 10.0 Å². The van der Waals surface area contributed by atoms with Crippen LogP contribution in [-0.2, 0) is 26.0 Å². The molecule has 1 amide bonds. The van der Waals surface area contributed by atoms with E-state index in [-0.39, 0.29) is 17.2 Å². The Morgan fingerprint density at radius 2 is 1.75 bits per heavy atom. The van der Waals surface area contributed by atoms with Crippen LogP contribution in [0.15, 0.2) is 47.4 Å². The number of amides is 1. The van der Waals surface area contributed by atoms with Gasteiger partial charge in [0.15, 0.2) is 0 Å². The van der Waals surface area contributed by atoms with Gasteiger partial charge in [-0.3, -0.25) is 4.79 Å². The summed E-state index contributed by atoms with van der Waals surface area (Å²) in [6.45, 7) is 1.53. The number of morpholine rings is 1. The Labute approximate surface area is 174 Å². The Morgan fingerprint density at radius 3 is 2.43 bits per heavy atom. The largest absolute Gasteiger partial charge is 0.379 e. The maximum Gasteiger partial charge on any atom is 0.243 e. The summed E-state index contributed by atoms with van der Waals surface area (Å²) in [5.74, 6) is -0.200. The van der Waals surface area contributed by atoms with Gasteiger partial charge in [-0.15, -0.1) is 0 Å². The number of ether oxygens (including phenoxy) is 1. The summed E-state index contributed by atoms with van der Waals surface area (Å²) in [4.78, 5) is 12.4. The summed E-state index contributed by atoms with van der Waals surface area (Å²) in [5, 5.41) is 3.40. The van der Waals surface area contributed by atoms with E-state index in [1.54, 1.807) is 42.5 Å². The van der Waals surface area contributed by atoms with Gasteiger partial charge in [-0.1, -0.05) is 41.4 Å². The van der Waals surface area contributed by atoms with E-state index in [4.69, 9.17) is 27.9 Å². The topological polar surface area (TPSA) is 75.7 Å². The average molecular weight is 443 g/mol. The molecule has 6 nitrogen and oxygen atoms in total. The maximum atomic E-state index is 12.6. The van der Waals surface area contributed by atoms with Crippen LogP contribution in [0.4, 0.5) is 5.69 Å². The molecule has 0 spiro atoms. The maximum absolute atomic E-state index is 12.6. The zero-order valence-corrected chi connectivity index (χ0v) is 17.4. The van der Waals surface area contributed by atoms with E-state index >= 15 is 0 Å². The van der Waals surface area contributed by atoms with Crippen LogP contribution in [0, 0.1) is 0 Å². The molecule has 0 aliphatic carbocycles. The molecular weight excluding hydrogens is 423 g/mol. The third-order valence-corrected chi connectivity index (χ3v) is 7.13. The first-order valence-corrected chi connectivity index (χ1v) is 11.0. The van der Waals surface area contributed by atoms with Gasteiger partial charge < -0.3 is 10.1 Å². The number of sulfonamides is 1. The number of nitrogens with one attached hydrogen (secondary N) is 1. The lowest BCUT2D eigenvalue weighted by Gasteiger charge is -2.26. The number of carbonyl (C=O) groups excluding carboxylic acids is 1. The minimum absolute atomic E-state index is 0.200. The van der Waals surface area contributed by atoms with Crippen molar-refractivity contribution in [1.29, 1.82) is 0 Å². The smallest absolute Gasteiger partial charge is 0.243 e. The van der Waals surface area contributed by atoms with Crippen LogP contribution in [0.25, 0.3) is 0 Å². The number of hydrogen-bond acceptors (Lipinski definition) is 4. The molecule has 1 N–H and O–H groups in total. The molecule has 0 unspecified atom stereocenters. The molecule has 0 bridgehead atoms. The summed E-state index contributed by atoms with van der Waals surface area (Å²) in [7, 11) is -3.51. The predicted molar refractivity (Wildman–Crippen MR) is 109 cm³/mol. The number of carbonyl (C=O) groups is 1. The Balaban J connectivity index is 1.58. The minimum atomic E-state index is -3.51. The van der Waals surface area contributed by atoms with E-state index in [9.17, 15) is 13.2 Å². The molecule has 0 aromatic heterocycles. The third-order valence-electron chi connectivity index (χ3n) is 4.40. The van der Waals surface area contributed by atoms with Crippen molar-refractivity contribution in [2.24, 2.45) is 0 Å². The van der Waals surface area contributed by atoms with Crippen molar-refractivity contribution >= 4 is 44.8 Å². The molecular formula is C19H20Cl2N2O4S. The molecule has 0 atom stereocenters. The second-order valence-electron chi connectivity index (χ2n) is 6.31. The Hall–Kier alpha value is -1.64. The highest BCUT2D eigenvalue weighted by atomic mass is 35.5. The van der Waals surface area contributed by atoms with Gasteiger partial charge in [-0.05, 0) is 36.2 Å². The van der Waals surface area contributed by atoms with Crippen molar-refractivity contribution in [3.63, 3.8) is 0 Å². The standard InChI is InChI=1S/C19H20Cl2N2O4S/c20-16-2-1-3-17(19(16)21)22-18(24)9-6-14-4-7-15(8-5-14)28(25,26)23-10-12-27-13-11-23/h1-5,7-8H,6,9-13H2,(H,22,24). The zero-order valence-electron chi connectivity index (χ0n) is 15.0. The Kier molecular flexibility index (Phi) is 6.95. The lowest BCUT2D eigenvalue weighted by atomic mass is 10.1. The second kappa shape index (κ2) is 9.24. The molecule has 9 heteroatoms. The van der Waals surface area contributed by atoms with Crippen LogP contribution in [0.1, 0.15) is 12.0 Å². The third kappa shape index (κ3) is 5.04. The number of anilines is 1. The molecule has 0 radical (unpaired) electrons. The molecule has 1 aliphatic rings. The van der Waals surface area contributed by atoms with Gasteiger partial charge in [0.25, 0.3) is 0 Å². The molecule has 1 aliphatic heterocycles. The van der Waals surface area contributed by atoms with E-state index in [0.717, 1.165) is 5.56 Å². The Bertz CT molecular complexity index is 943. The summed E-state index contributed by atoms with van der Waals surface area (Å²) >= 11 is 12.0. The van der Waals surface area contributed by atoms with Crippen molar-refractivity contribution < 1.29 is 17.9 Å². The highest BCUT2D eigenvalue weighted by molar-refractivity contribution is 7.89. The van der Waals surface area contributed by atoms with Crippen molar-refractivity contribution in [3.8, 4) is 0 Å². The fraction of sp³-hybridized carbons (Fsp3) is 0.316. The van der Waals surface area contributed by atoms with Crippen molar-refractivity contribution in [3.05, 3.63) is 58.1 Å². The minimum Gasteiger partial charge on any atom is -0.379 e. The number of nitrogens with zero attached hydrogens (tertiary/aromatic N) is 1. The predicted octanol–water partition coefficient (Wildman–Crippen LogP) is 3.59. The van der Waals surface area contributed by atoms with E-state index in [1.807, 2.05) is 0 Å². The van der Waals surface area contributed by atoms with Gasteiger partial charge in [0, 0.05) is 19.5 Å². The summed E-state index contributed by atoms with van der Waals surface area (Å²) in [6.07, 6.45) is 0.709. The van der Waals surface area contributed by atoms with Crippen LogP contribution in [-0.4, -0.2) is 44.9 Å². The molecule has 1 saturated heterocycles. The number of rotatable bonds is 6. The van der Waals surface area contributed by atoms with Gasteiger partial charge in [0.2, 0.25) is 15.9 Å². The normalized spacial score (nSPS) is 15.4. The SMILES string of the molecule is O=C(CCc1ccc(S(=O)(=O)N2CCOCC2)cc1)Nc1cccc(Cl)c1Cl. The average Bonchev–Trinajstić information content (AvgIpc) is 2.71. The van der Waals surface area contributed by atoms with Gasteiger partial charge >= 0.3 is 0 Å². The quantitative estimate of drug-likeness (QED) is 0.741. The summed E-state index contributed by atoms with van der Waals surface area (Å²) in [5.41, 5.74) is 1.33. The molecule has 150 valence electrons. The lowest BCUT2D eigenvalue weighted by molar-refractivity contribution is -0.116. The van der Waals surface area contributed by atoms with Crippen LogP contribution < -0.4 is 5.32 Å². The van der Waals surface area contributed by atoms with Gasteiger partial charge in [-0.2, -0.15) is 4.31 Å². The molecule has 28 heavy (non-hydrogen) atoms. The molecule has 2 aromatic carbocycles. The van der Waals surface area contributed by atoms with Crippen molar-refractivity contribution in [1.82, 2.24) is 4.31 Å². The first kappa shape index (κ1) is 21.1. The molecule has 1 heterocycles. The van der Waals surface area contributed by atoms with E-state index in [1.165, 1.54) is 4.31 Å². The van der Waals surface area contributed by atoms with Crippen molar-refractivity contribution in [2.75, 3.05) is 31.6 Å². The van der Waals surface area contributed by atoms with Crippen LogP contribution >= 0.6 is 23.2 Å². The molecule has 0 saturated carbocycles. The summed E-state index contributed by atoms with van der Waals surface area (Å²) in [6, 6.07) is 11.6. The number of hydrogen-bond donors (Lipinski definition) is 1. The first-order chi connectivity index (χ1) is 13.4. The zero-order chi connectivity index (χ0) is 20.1. The lowest BCUT2D eigenvalue weighted by Crippen LogP contribution is -2.40.